The van der Waals surface area contributed by atoms with Crippen molar-refractivity contribution in [3.63, 3.8) is 0 Å². The van der Waals surface area contributed by atoms with E-state index in [0.717, 1.165) is 22.4 Å². The van der Waals surface area contributed by atoms with Gasteiger partial charge in [-0.05, 0) is 54.8 Å². The first-order valence-electron chi connectivity index (χ1n) is 8.73. The smallest absolute Gasteiger partial charge is 0.193 e. The SMILES string of the molecule is CCCCc1ccc(Sc2ccc(C(=O)c3ccccc3)cc2)cc1. The Kier molecular flexibility index (Phi) is 6.08. The highest BCUT2D eigenvalue weighted by molar-refractivity contribution is 7.99. The second-order valence-electron chi connectivity index (χ2n) is 6.07. The topological polar surface area (TPSA) is 17.1 Å². The van der Waals surface area contributed by atoms with Crippen molar-refractivity contribution in [1.82, 2.24) is 0 Å². The zero-order chi connectivity index (χ0) is 17.5. The van der Waals surface area contributed by atoms with Crippen molar-refractivity contribution in [2.45, 2.75) is 36.0 Å². The van der Waals surface area contributed by atoms with Crippen LogP contribution in [0.5, 0.6) is 0 Å². The normalized spacial score (nSPS) is 10.6. The first kappa shape index (κ1) is 17.5. The van der Waals surface area contributed by atoms with Crippen LogP contribution in [0.3, 0.4) is 0 Å². The van der Waals surface area contributed by atoms with Gasteiger partial charge in [-0.1, -0.05) is 67.6 Å². The van der Waals surface area contributed by atoms with Crippen LogP contribution in [-0.2, 0) is 6.42 Å². The van der Waals surface area contributed by atoms with Crippen molar-refractivity contribution in [2.75, 3.05) is 0 Å². The summed E-state index contributed by atoms with van der Waals surface area (Å²) in [5.41, 5.74) is 2.85. The maximum atomic E-state index is 12.4. The Labute approximate surface area is 154 Å². The van der Waals surface area contributed by atoms with E-state index in [1.54, 1.807) is 11.8 Å². The van der Waals surface area contributed by atoms with Crippen molar-refractivity contribution in [3.05, 3.63) is 95.6 Å². The van der Waals surface area contributed by atoms with Crippen molar-refractivity contribution in [1.29, 1.82) is 0 Å². The van der Waals surface area contributed by atoms with Gasteiger partial charge in [0.2, 0.25) is 0 Å². The summed E-state index contributed by atoms with van der Waals surface area (Å²) in [5, 5.41) is 0. The van der Waals surface area contributed by atoms with Gasteiger partial charge in [-0.25, -0.2) is 0 Å². The number of hydrogen-bond donors (Lipinski definition) is 0. The average molecular weight is 346 g/mol. The summed E-state index contributed by atoms with van der Waals surface area (Å²) < 4.78 is 0. The van der Waals surface area contributed by atoms with Gasteiger partial charge >= 0.3 is 0 Å². The van der Waals surface area contributed by atoms with Gasteiger partial charge in [0.05, 0.1) is 0 Å². The van der Waals surface area contributed by atoms with E-state index in [0.29, 0.717) is 0 Å². The zero-order valence-electron chi connectivity index (χ0n) is 14.4. The molecule has 0 N–H and O–H groups in total. The lowest BCUT2D eigenvalue weighted by Crippen LogP contribution is -2.00. The molecule has 0 spiro atoms. The molecular formula is C23H22OS. The Morgan fingerprint density at radius 2 is 1.32 bits per heavy atom. The van der Waals surface area contributed by atoms with E-state index in [1.165, 1.54) is 23.3 Å². The van der Waals surface area contributed by atoms with Gasteiger partial charge in [0.25, 0.3) is 0 Å². The third-order valence-corrected chi connectivity index (χ3v) is 5.15. The van der Waals surface area contributed by atoms with Crippen molar-refractivity contribution in [2.24, 2.45) is 0 Å². The summed E-state index contributed by atoms with van der Waals surface area (Å²) in [5.74, 6) is 0.0671. The van der Waals surface area contributed by atoms with Gasteiger partial charge in [0.1, 0.15) is 0 Å². The molecule has 2 heteroatoms. The number of benzene rings is 3. The maximum Gasteiger partial charge on any atom is 0.193 e. The molecule has 0 aliphatic heterocycles. The molecular weight excluding hydrogens is 324 g/mol. The number of aryl methyl sites for hydroxylation is 1. The van der Waals surface area contributed by atoms with E-state index in [-0.39, 0.29) is 5.78 Å². The van der Waals surface area contributed by atoms with E-state index in [4.69, 9.17) is 0 Å². The van der Waals surface area contributed by atoms with E-state index in [9.17, 15) is 4.79 Å². The van der Waals surface area contributed by atoms with Crippen molar-refractivity contribution < 1.29 is 4.79 Å². The number of hydrogen-bond acceptors (Lipinski definition) is 2. The number of unbranched alkanes of at least 4 members (excludes halogenated alkanes) is 1. The monoisotopic (exact) mass is 346 g/mol. The molecule has 0 fully saturated rings. The van der Waals surface area contributed by atoms with Gasteiger partial charge in [-0.3, -0.25) is 4.79 Å². The van der Waals surface area contributed by atoms with E-state index >= 15 is 0 Å². The third-order valence-electron chi connectivity index (χ3n) is 4.13. The Morgan fingerprint density at radius 1 is 0.760 bits per heavy atom. The molecule has 0 atom stereocenters. The predicted octanol–water partition coefficient (Wildman–Crippen LogP) is 6.41. The van der Waals surface area contributed by atoms with Gasteiger partial charge in [0, 0.05) is 20.9 Å². The molecule has 0 saturated carbocycles. The maximum absolute atomic E-state index is 12.4. The molecule has 0 bridgehead atoms. The van der Waals surface area contributed by atoms with Crippen LogP contribution >= 0.6 is 11.8 Å². The van der Waals surface area contributed by atoms with E-state index in [1.807, 2.05) is 54.6 Å². The second-order valence-corrected chi connectivity index (χ2v) is 7.22. The lowest BCUT2D eigenvalue weighted by Gasteiger charge is -2.06. The molecule has 1 nitrogen and oxygen atoms in total. The van der Waals surface area contributed by atoms with Crippen molar-refractivity contribution in [3.8, 4) is 0 Å². The molecule has 25 heavy (non-hydrogen) atoms. The van der Waals surface area contributed by atoms with E-state index < -0.39 is 0 Å². The molecule has 0 unspecified atom stereocenters. The minimum absolute atomic E-state index is 0.0671. The fraction of sp³-hybridized carbons (Fsp3) is 0.174. The number of carbonyl (C=O) groups excluding carboxylic acids is 1. The van der Waals surface area contributed by atoms with Gasteiger partial charge in [-0.2, -0.15) is 0 Å². The lowest BCUT2D eigenvalue weighted by molar-refractivity contribution is 0.103. The number of rotatable bonds is 7. The zero-order valence-corrected chi connectivity index (χ0v) is 15.3. The molecule has 0 heterocycles. The highest BCUT2D eigenvalue weighted by Crippen LogP contribution is 2.28. The molecule has 0 aliphatic carbocycles. The Bertz CT molecular complexity index is 805. The lowest BCUT2D eigenvalue weighted by atomic mass is 10.0. The third kappa shape index (κ3) is 4.83. The van der Waals surface area contributed by atoms with Crippen LogP contribution in [0, 0.1) is 0 Å². The first-order chi connectivity index (χ1) is 12.3. The Hall–Kier alpha value is -2.32. The molecule has 3 rings (SSSR count). The molecule has 0 aliphatic rings. The standard InChI is InChI=1S/C23H22OS/c1-2-3-7-18-10-14-21(15-11-18)25-22-16-12-20(13-17-22)23(24)19-8-5-4-6-9-19/h4-6,8-17H,2-3,7H2,1H3. The quantitative estimate of drug-likeness (QED) is 0.460. The molecule has 126 valence electrons. The predicted molar refractivity (Wildman–Crippen MR) is 105 cm³/mol. The number of carbonyl (C=O) groups is 1. The Balaban J connectivity index is 1.65. The van der Waals surface area contributed by atoms with Gasteiger partial charge < -0.3 is 0 Å². The van der Waals surface area contributed by atoms with Gasteiger partial charge in [0.15, 0.2) is 5.78 Å². The van der Waals surface area contributed by atoms with Crippen molar-refractivity contribution >= 4 is 17.5 Å². The average Bonchev–Trinajstić information content (AvgIpc) is 2.68. The Morgan fingerprint density at radius 3 is 1.92 bits per heavy atom. The fourth-order valence-corrected chi connectivity index (χ4v) is 3.49. The van der Waals surface area contributed by atoms with Gasteiger partial charge in [-0.15, -0.1) is 0 Å². The molecule has 0 saturated heterocycles. The molecule has 0 aromatic heterocycles. The largest absolute Gasteiger partial charge is 0.289 e. The van der Waals surface area contributed by atoms with Crippen LogP contribution in [0.1, 0.15) is 41.3 Å². The molecule has 3 aromatic rings. The fourth-order valence-electron chi connectivity index (χ4n) is 2.67. The summed E-state index contributed by atoms with van der Waals surface area (Å²) in [6.45, 7) is 2.22. The highest BCUT2D eigenvalue weighted by Gasteiger charge is 2.08. The first-order valence-corrected chi connectivity index (χ1v) is 9.54. The second kappa shape index (κ2) is 8.68. The van der Waals surface area contributed by atoms with Crippen LogP contribution in [0.15, 0.2) is 88.7 Å². The summed E-state index contributed by atoms with van der Waals surface area (Å²) >= 11 is 1.73. The van der Waals surface area contributed by atoms with Crippen LogP contribution in [0.2, 0.25) is 0 Å². The van der Waals surface area contributed by atoms with Crippen LogP contribution < -0.4 is 0 Å². The molecule has 3 aromatic carbocycles. The molecule has 0 radical (unpaired) electrons. The molecule has 0 amide bonds. The minimum Gasteiger partial charge on any atom is -0.289 e. The van der Waals surface area contributed by atoms with Crippen LogP contribution in [0.25, 0.3) is 0 Å². The minimum atomic E-state index is 0.0671. The van der Waals surface area contributed by atoms with Crippen LogP contribution in [0.4, 0.5) is 0 Å². The van der Waals surface area contributed by atoms with Crippen LogP contribution in [-0.4, -0.2) is 5.78 Å². The van der Waals surface area contributed by atoms with E-state index in [2.05, 4.69) is 31.2 Å². The summed E-state index contributed by atoms with van der Waals surface area (Å²) in [7, 11) is 0. The summed E-state index contributed by atoms with van der Waals surface area (Å²) in [6, 6.07) is 26.1. The summed E-state index contributed by atoms with van der Waals surface area (Å²) in [4.78, 5) is 14.8. The summed E-state index contributed by atoms with van der Waals surface area (Å²) in [6.07, 6.45) is 3.62. The number of ketones is 1. The highest BCUT2D eigenvalue weighted by atomic mass is 32.2.